The molecule has 3 aromatic rings. The number of aliphatic hydroxyl groups is 1. The number of H-pyrrole nitrogens is 1. The quantitative estimate of drug-likeness (QED) is 0.768. The summed E-state index contributed by atoms with van der Waals surface area (Å²) < 4.78 is 0. The molecule has 0 radical (unpaired) electrons. The van der Waals surface area contributed by atoms with Crippen molar-refractivity contribution in [3.8, 4) is 0 Å². The average Bonchev–Trinajstić information content (AvgIpc) is 3.19. The molecule has 0 unspecified atom stereocenters. The highest BCUT2D eigenvalue weighted by molar-refractivity contribution is 6.04. The molecule has 24 heavy (non-hydrogen) atoms. The van der Waals surface area contributed by atoms with Gasteiger partial charge in [0.25, 0.3) is 5.91 Å². The van der Waals surface area contributed by atoms with Crippen LogP contribution in [-0.2, 0) is 6.42 Å². The fourth-order valence-corrected chi connectivity index (χ4v) is 3.28. The van der Waals surface area contributed by atoms with Crippen LogP contribution in [-0.4, -0.2) is 50.3 Å². The summed E-state index contributed by atoms with van der Waals surface area (Å²) in [5.74, 6) is -0.149. The molecule has 0 saturated carbocycles. The SMILES string of the molecule is O=C(c1n[nH]c2ccccc12)N1C[C@@H](Cc2ccccn2)[C@H](O)C1. The number of aromatic amines is 1. The van der Waals surface area contributed by atoms with Crippen LogP contribution in [0.5, 0.6) is 0 Å². The Morgan fingerprint density at radius 2 is 2.04 bits per heavy atom. The van der Waals surface area contributed by atoms with Crippen molar-refractivity contribution in [2.45, 2.75) is 12.5 Å². The standard InChI is InChI=1S/C18H18N4O2/c23-16-11-22(10-12(16)9-13-5-3-4-8-19-13)18(24)17-14-6-1-2-7-15(14)20-21-17/h1-8,12,16,23H,9-11H2,(H,20,21)/t12-,16-/m1/s1. The van der Waals surface area contributed by atoms with Gasteiger partial charge >= 0.3 is 0 Å². The summed E-state index contributed by atoms with van der Waals surface area (Å²) in [5, 5.41) is 18.2. The third-order valence-electron chi connectivity index (χ3n) is 4.56. The van der Waals surface area contributed by atoms with E-state index in [4.69, 9.17) is 0 Å². The molecule has 4 rings (SSSR count). The molecular formula is C18H18N4O2. The second kappa shape index (κ2) is 6.05. The molecule has 2 atom stereocenters. The zero-order valence-electron chi connectivity index (χ0n) is 13.1. The molecule has 1 aromatic carbocycles. The maximum atomic E-state index is 12.8. The van der Waals surface area contributed by atoms with Crippen molar-refractivity contribution in [2.75, 3.05) is 13.1 Å². The Labute approximate surface area is 139 Å². The number of carbonyl (C=O) groups excluding carboxylic acids is 1. The first kappa shape index (κ1) is 14.8. The summed E-state index contributed by atoms with van der Waals surface area (Å²) in [6, 6.07) is 13.3. The number of nitrogens with one attached hydrogen (secondary N) is 1. The third kappa shape index (κ3) is 2.65. The lowest BCUT2D eigenvalue weighted by Crippen LogP contribution is -2.30. The maximum absolute atomic E-state index is 12.8. The van der Waals surface area contributed by atoms with Crippen LogP contribution in [0.15, 0.2) is 48.7 Å². The van der Waals surface area contributed by atoms with Gasteiger partial charge in [-0.05, 0) is 24.6 Å². The monoisotopic (exact) mass is 322 g/mol. The predicted octanol–water partition coefficient (Wildman–Crippen LogP) is 1.63. The summed E-state index contributed by atoms with van der Waals surface area (Å²) in [7, 11) is 0. The normalized spacial score (nSPS) is 20.6. The van der Waals surface area contributed by atoms with Crippen molar-refractivity contribution in [1.82, 2.24) is 20.1 Å². The van der Waals surface area contributed by atoms with Gasteiger partial charge in [-0.2, -0.15) is 5.10 Å². The van der Waals surface area contributed by atoms with Gasteiger partial charge in [0.05, 0.1) is 11.6 Å². The van der Waals surface area contributed by atoms with Gasteiger partial charge in [0, 0.05) is 36.3 Å². The van der Waals surface area contributed by atoms with E-state index < -0.39 is 6.10 Å². The van der Waals surface area contributed by atoms with Gasteiger partial charge in [-0.1, -0.05) is 24.3 Å². The summed E-state index contributed by atoms with van der Waals surface area (Å²) in [5.41, 5.74) is 2.18. The van der Waals surface area contributed by atoms with Crippen molar-refractivity contribution < 1.29 is 9.90 Å². The van der Waals surface area contributed by atoms with E-state index >= 15 is 0 Å². The Bertz CT molecular complexity index is 862. The Kier molecular flexibility index (Phi) is 3.74. The summed E-state index contributed by atoms with van der Waals surface area (Å²) >= 11 is 0. The van der Waals surface area contributed by atoms with Crippen LogP contribution < -0.4 is 0 Å². The van der Waals surface area contributed by atoms with E-state index in [1.807, 2.05) is 42.5 Å². The fraction of sp³-hybridized carbons (Fsp3) is 0.278. The molecule has 122 valence electrons. The number of nitrogens with zero attached hydrogens (tertiary/aromatic N) is 3. The Morgan fingerprint density at radius 3 is 2.88 bits per heavy atom. The highest BCUT2D eigenvalue weighted by Crippen LogP contribution is 2.24. The minimum absolute atomic E-state index is 0.00550. The van der Waals surface area contributed by atoms with E-state index in [1.165, 1.54) is 0 Å². The Morgan fingerprint density at radius 1 is 1.21 bits per heavy atom. The molecule has 1 aliphatic heterocycles. The second-order valence-electron chi connectivity index (χ2n) is 6.18. The zero-order valence-corrected chi connectivity index (χ0v) is 13.1. The minimum Gasteiger partial charge on any atom is -0.391 e. The number of para-hydroxylation sites is 1. The van der Waals surface area contributed by atoms with Crippen molar-refractivity contribution in [3.63, 3.8) is 0 Å². The number of pyridine rings is 1. The van der Waals surface area contributed by atoms with E-state index in [9.17, 15) is 9.90 Å². The van der Waals surface area contributed by atoms with Crippen molar-refractivity contribution in [1.29, 1.82) is 0 Å². The van der Waals surface area contributed by atoms with Gasteiger partial charge in [-0.3, -0.25) is 14.9 Å². The van der Waals surface area contributed by atoms with E-state index in [2.05, 4.69) is 15.2 Å². The van der Waals surface area contributed by atoms with E-state index in [0.717, 1.165) is 16.6 Å². The number of fused-ring (bicyclic) bond motifs is 1. The lowest BCUT2D eigenvalue weighted by atomic mass is 10.00. The van der Waals surface area contributed by atoms with Crippen molar-refractivity contribution in [2.24, 2.45) is 5.92 Å². The Balaban J connectivity index is 1.52. The fourth-order valence-electron chi connectivity index (χ4n) is 3.28. The molecular weight excluding hydrogens is 304 g/mol. The first-order valence-electron chi connectivity index (χ1n) is 8.03. The van der Waals surface area contributed by atoms with Crippen LogP contribution in [0, 0.1) is 5.92 Å². The van der Waals surface area contributed by atoms with Gasteiger partial charge in [0.1, 0.15) is 0 Å². The molecule has 1 amide bonds. The van der Waals surface area contributed by atoms with Crippen LogP contribution in [0.25, 0.3) is 10.9 Å². The molecule has 0 spiro atoms. The van der Waals surface area contributed by atoms with Crippen LogP contribution in [0.4, 0.5) is 0 Å². The molecule has 1 aliphatic rings. The van der Waals surface area contributed by atoms with Crippen LogP contribution in [0.2, 0.25) is 0 Å². The highest BCUT2D eigenvalue weighted by Gasteiger charge is 2.35. The number of β-amino-alcohol motifs (C(OH)–C–C–N with tert-alkyl or cyclic N) is 1. The van der Waals surface area contributed by atoms with Crippen molar-refractivity contribution in [3.05, 3.63) is 60.0 Å². The molecule has 2 aromatic heterocycles. The number of aromatic nitrogens is 3. The first-order chi connectivity index (χ1) is 11.7. The molecule has 0 bridgehead atoms. The summed E-state index contributed by atoms with van der Waals surface area (Å²) in [4.78, 5) is 18.8. The van der Waals surface area contributed by atoms with Gasteiger partial charge in [-0.15, -0.1) is 0 Å². The van der Waals surface area contributed by atoms with E-state index in [-0.39, 0.29) is 11.8 Å². The van der Waals surface area contributed by atoms with Gasteiger partial charge < -0.3 is 10.0 Å². The minimum atomic E-state index is -0.541. The Hall–Kier alpha value is -2.73. The molecule has 6 heteroatoms. The number of amides is 1. The number of hydrogen-bond donors (Lipinski definition) is 2. The van der Waals surface area contributed by atoms with Crippen LogP contribution >= 0.6 is 0 Å². The van der Waals surface area contributed by atoms with Gasteiger partial charge in [0.2, 0.25) is 0 Å². The number of likely N-dealkylation sites (tertiary alicyclic amines) is 1. The van der Waals surface area contributed by atoms with E-state index in [0.29, 0.717) is 25.2 Å². The van der Waals surface area contributed by atoms with Crippen LogP contribution in [0.1, 0.15) is 16.2 Å². The molecule has 0 aliphatic carbocycles. The van der Waals surface area contributed by atoms with Gasteiger partial charge in [-0.25, -0.2) is 0 Å². The maximum Gasteiger partial charge on any atom is 0.275 e. The summed E-state index contributed by atoms with van der Waals surface area (Å²) in [6.45, 7) is 0.843. The smallest absolute Gasteiger partial charge is 0.275 e. The molecule has 1 fully saturated rings. The molecule has 6 nitrogen and oxygen atoms in total. The second-order valence-corrected chi connectivity index (χ2v) is 6.18. The zero-order chi connectivity index (χ0) is 16.5. The number of aliphatic hydroxyl groups excluding tert-OH is 1. The van der Waals surface area contributed by atoms with Gasteiger partial charge in [0.15, 0.2) is 5.69 Å². The molecule has 1 saturated heterocycles. The van der Waals surface area contributed by atoms with E-state index in [1.54, 1.807) is 11.1 Å². The lowest BCUT2D eigenvalue weighted by Gasteiger charge is -2.15. The summed E-state index contributed by atoms with van der Waals surface area (Å²) in [6.07, 6.45) is 1.86. The average molecular weight is 322 g/mol. The molecule has 3 heterocycles. The number of carbonyl (C=O) groups is 1. The first-order valence-corrected chi connectivity index (χ1v) is 8.03. The largest absolute Gasteiger partial charge is 0.391 e. The molecule has 2 N–H and O–H groups in total. The third-order valence-corrected chi connectivity index (χ3v) is 4.56. The predicted molar refractivity (Wildman–Crippen MR) is 89.4 cm³/mol. The number of hydrogen-bond acceptors (Lipinski definition) is 4. The number of benzene rings is 1. The number of rotatable bonds is 3. The topological polar surface area (TPSA) is 82.1 Å². The highest BCUT2D eigenvalue weighted by atomic mass is 16.3. The van der Waals surface area contributed by atoms with Crippen LogP contribution in [0.3, 0.4) is 0 Å². The lowest BCUT2D eigenvalue weighted by molar-refractivity contribution is 0.0760. The van der Waals surface area contributed by atoms with Crippen molar-refractivity contribution >= 4 is 16.8 Å².